The van der Waals surface area contributed by atoms with Crippen LogP contribution >= 0.6 is 0 Å². The lowest BCUT2D eigenvalue weighted by molar-refractivity contribution is -0.131. The molecule has 66 valence electrons. The van der Waals surface area contributed by atoms with Gasteiger partial charge in [0, 0.05) is 7.05 Å². The van der Waals surface area contributed by atoms with Crippen molar-refractivity contribution in [2.24, 2.45) is 17.5 Å². The highest BCUT2D eigenvalue weighted by Gasteiger charge is 2.16. The zero-order chi connectivity index (χ0) is 9.02. The summed E-state index contributed by atoms with van der Waals surface area (Å²) in [6.07, 6.45) is 0.681. The smallest absolute Gasteiger partial charge is 0.253 e. The van der Waals surface area contributed by atoms with Crippen LogP contribution in [0.25, 0.3) is 0 Å². The summed E-state index contributed by atoms with van der Waals surface area (Å²) in [5.74, 6) is 5.43. The number of carbonyl (C=O) groups is 1. The van der Waals surface area contributed by atoms with E-state index in [1.165, 1.54) is 7.05 Å². The molecule has 4 nitrogen and oxygen atoms in total. The molecule has 0 radical (unpaired) electrons. The van der Waals surface area contributed by atoms with Crippen molar-refractivity contribution in [2.75, 3.05) is 7.05 Å². The molecule has 4 N–H and O–H groups in total. The number of hydrazine groups is 1. The second kappa shape index (κ2) is 4.31. The fourth-order valence-electron chi connectivity index (χ4n) is 0.870. The fourth-order valence-corrected chi connectivity index (χ4v) is 0.870. The molecule has 1 amide bonds. The molecule has 0 aromatic carbocycles. The predicted octanol–water partition coefficient (Wildman–Crippen LogP) is -0.308. The van der Waals surface area contributed by atoms with Crippen molar-refractivity contribution >= 4 is 5.91 Å². The topological polar surface area (TPSA) is 72.4 Å². The van der Waals surface area contributed by atoms with Crippen LogP contribution in [-0.2, 0) is 4.79 Å². The molecule has 0 aliphatic carbocycles. The first kappa shape index (κ1) is 10.4. The Balaban J connectivity index is 3.83. The summed E-state index contributed by atoms with van der Waals surface area (Å²) < 4.78 is 0. The van der Waals surface area contributed by atoms with Crippen molar-refractivity contribution in [3.8, 4) is 0 Å². The summed E-state index contributed by atoms with van der Waals surface area (Å²) in [4.78, 5) is 11.1. The number of nitrogens with two attached hydrogens (primary N) is 2. The van der Waals surface area contributed by atoms with Gasteiger partial charge in [0.2, 0.25) is 0 Å². The molecule has 1 atom stereocenters. The first-order chi connectivity index (χ1) is 4.95. The summed E-state index contributed by atoms with van der Waals surface area (Å²) in [7, 11) is 1.50. The number of hydrogen-bond acceptors (Lipinski definition) is 3. The highest BCUT2D eigenvalue weighted by atomic mass is 16.2. The molecular formula is C7H17N3O. The maximum atomic E-state index is 11.1. The molecule has 0 heterocycles. The van der Waals surface area contributed by atoms with Crippen molar-refractivity contribution in [1.82, 2.24) is 5.01 Å². The molecule has 0 saturated carbocycles. The maximum absolute atomic E-state index is 11.1. The van der Waals surface area contributed by atoms with Gasteiger partial charge >= 0.3 is 0 Å². The van der Waals surface area contributed by atoms with Gasteiger partial charge in [-0.3, -0.25) is 9.80 Å². The third-order valence-corrected chi connectivity index (χ3v) is 1.39. The van der Waals surface area contributed by atoms with Crippen LogP contribution in [-0.4, -0.2) is 24.0 Å². The van der Waals surface area contributed by atoms with Crippen LogP contribution in [0.15, 0.2) is 0 Å². The van der Waals surface area contributed by atoms with E-state index in [0.717, 1.165) is 5.01 Å². The van der Waals surface area contributed by atoms with Gasteiger partial charge in [-0.15, -0.1) is 0 Å². The van der Waals surface area contributed by atoms with Gasteiger partial charge in [-0.25, -0.2) is 5.84 Å². The number of amides is 1. The molecule has 1 unspecified atom stereocenters. The third-order valence-electron chi connectivity index (χ3n) is 1.39. The van der Waals surface area contributed by atoms with Crippen LogP contribution in [0.5, 0.6) is 0 Å². The highest BCUT2D eigenvalue weighted by molar-refractivity contribution is 5.80. The Hall–Kier alpha value is -0.610. The van der Waals surface area contributed by atoms with Gasteiger partial charge < -0.3 is 5.73 Å². The Bertz CT molecular complexity index is 134. The van der Waals surface area contributed by atoms with E-state index in [0.29, 0.717) is 12.3 Å². The van der Waals surface area contributed by atoms with Crippen LogP contribution in [0.4, 0.5) is 0 Å². The maximum Gasteiger partial charge on any atom is 0.253 e. The summed E-state index contributed by atoms with van der Waals surface area (Å²) in [6, 6.07) is -0.454. The Morgan fingerprint density at radius 1 is 1.55 bits per heavy atom. The number of hydrogen-bond donors (Lipinski definition) is 2. The lowest BCUT2D eigenvalue weighted by Crippen LogP contribution is -2.45. The van der Waals surface area contributed by atoms with E-state index in [-0.39, 0.29) is 5.91 Å². The normalized spacial score (nSPS) is 13.3. The van der Waals surface area contributed by atoms with Crippen molar-refractivity contribution in [1.29, 1.82) is 0 Å². The van der Waals surface area contributed by atoms with Crippen molar-refractivity contribution in [3.05, 3.63) is 0 Å². The van der Waals surface area contributed by atoms with E-state index in [1.54, 1.807) is 0 Å². The number of nitrogens with zero attached hydrogens (tertiary/aromatic N) is 1. The Morgan fingerprint density at radius 3 is 2.27 bits per heavy atom. The number of likely N-dealkylation sites (N-methyl/N-ethyl adjacent to an activating group) is 1. The molecule has 0 aliphatic rings. The molecule has 0 spiro atoms. The quantitative estimate of drug-likeness (QED) is 0.337. The average molecular weight is 159 g/mol. The van der Waals surface area contributed by atoms with E-state index in [4.69, 9.17) is 11.6 Å². The van der Waals surface area contributed by atoms with Crippen LogP contribution in [0.3, 0.4) is 0 Å². The molecule has 0 aromatic heterocycles. The molecule has 0 aliphatic heterocycles. The number of rotatable bonds is 3. The first-order valence-electron chi connectivity index (χ1n) is 3.73. The number of carbonyl (C=O) groups excluding carboxylic acids is 1. The molecule has 0 rings (SSSR count). The minimum Gasteiger partial charge on any atom is -0.320 e. The SMILES string of the molecule is CC(C)CC(N)C(=O)N(C)N. The van der Waals surface area contributed by atoms with Crippen LogP contribution < -0.4 is 11.6 Å². The molecule has 0 saturated heterocycles. The summed E-state index contributed by atoms with van der Waals surface area (Å²) >= 11 is 0. The zero-order valence-corrected chi connectivity index (χ0v) is 7.37. The Morgan fingerprint density at radius 2 is 2.00 bits per heavy atom. The summed E-state index contributed by atoms with van der Waals surface area (Å²) in [6.45, 7) is 4.04. The van der Waals surface area contributed by atoms with Gasteiger partial charge in [0.1, 0.15) is 0 Å². The van der Waals surface area contributed by atoms with Crippen molar-refractivity contribution in [3.63, 3.8) is 0 Å². The minimum atomic E-state index is -0.454. The monoisotopic (exact) mass is 159 g/mol. The van der Waals surface area contributed by atoms with E-state index < -0.39 is 6.04 Å². The van der Waals surface area contributed by atoms with Gasteiger partial charge in [0.15, 0.2) is 0 Å². The standard InChI is InChI=1S/C7H17N3O/c1-5(2)4-6(8)7(11)10(3)9/h5-6H,4,8-9H2,1-3H3. The second-order valence-electron chi connectivity index (χ2n) is 3.19. The van der Waals surface area contributed by atoms with Gasteiger partial charge in [-0.1, -0.05) is 13.8 Å². The van der Waals surface area contributed by atoms with Gasteiger partial charge in [-0.2, -0.15) is 0 Å². The van der Waals surface area contributed by atoms with Gasteiger partial charge in [0.05, 0.1) is 6.04 Å². The van der Waals surface area contributed by atoms with Crippen molar-refractivity contribution < 1.29 is 4.79 Å². The molecule has 0 aromatic rings. The van der Waals surface area contributed by atoms with Crippen LogP contribution in [0.2, 0.25) is 0 Å². The lowest BCUT2D eigenvalue weighted by atomic mass is 10.0. The van der Waals surface area contributed by atoms with E-state index in [1.807, 2.05) is 13.8 Å². The van der Waals surface area contributed by atoms with Crippen molar-refractivity contribution in [2.45, 2.75) is 26.3 Å². The molecule has 4 heteroatoms. The first-order valence-corrected chi connectivity index (χ1v) is 3.73. The van der Waals surface area contributed by atoms with E-state index >= 15 is 0 Å². The average Bonchev–Trinajstić information content (AvgIpc) is 1.84. The molecular weight excluding hydrogens is 142 g/mol. The largest absolute Gasteiger partial charge is 0.320 e. The minimum absolute atomic E-state index is 0.210. The fraction of sp³-hybridized carbons (Fsp3) is 0.857. The zero-order valence-electron chi connectivity index (χ0n) is 7.37. The molecule has 11 heavy (non-hydrogen) atoms. The van der Waals surface area contributed by atoms with E-state index in [2.05, 4.69) is 0 Å². The Kier molecular flexibility index (Phi) is 4.07. The second-order valence-corrected chi connectivity index (χ2v) is 3.19. The van der Waals surface area contributed by atoms with Gasteiger partial charge in [-0.05, 0) is 12.3 Å². The van der Waals surface area contributed by atoms with Gasteiger partial charge in [0.25, 0.3) is 5.91 Å². The van der Waals surface area contributed by atoms with Crippen LogP contribution in [0, 0.1) is 5.92 Å². The van der Waals surface area contributed by atoms with Crippen LogP contribution in [0.1, 0.15) is 20.3 Å². The highest BCUT2D eigenvalue weighted by Crippen LogP contribution is 2.03. The molecule has 0 fully saturated rings. The third kappa shape index (κ3) is 3.95. The Labute approximate surface area is 67.5 Å². The summed E-state index contributed by atoms with van der Waals surface area (Å²) in [5, 5.41) is 1.03. The molecule has 0 bridgehead atoms. The predicted molar refractivity (Wildman–Crippen MR) is 44.4 cm³/mol. The lowest BCUT2D eigenvalue weighted by Gasteiger charge is -2.17. The summed E-state index contributed by atoms with van der Waals surface area (Å²) in [5.41, 5.74) is 5.55. The van der Waals surface area contributed by atoms with E-state index in [9.17, 15) is 4.79 Å².